The Balaban J connectivity index is 2.52. The third-order valence-electron chi connectivity index (χ3n) is 3.33. The first kappa shape index (κ1) is 14.4. The zero-order valence-electron chi connectivity index (χ0n) is 11.7. The summed E-state index contributed by atoms with van der Waals surface area (Å²) in [5, 5.41) is 0. The lowest BCUT2D eigenvalue weighted by atomic mass is 9.93. The van der Waals surface area contributed by atoms with Crippen LogP contribution in [0.1, 0.15) is 32.6 Å². The van der Waals surface area contributed by atoms with Gasteiger partial charge < -0.3 is 5.73 Å². The molecule has 0 heterocycles. The SMILES string of the molecule is Cc1cc(C)c(C(=O)c2ccccc2CCN)c(F)c1. The standard InChI is InChI=1S/C17H18FNO/c1-11-9-12(2)16(15(18)10-11)17(20)14-6-4-3-5-13(14)7-8-19/h3-6,9-10H,7-8,19H2,1-2H3. The van der Waals surface area contributed by atoms with Gasteiger partial charge in [-0.1, -0.05) is 30.3 Å². The van der Waals surface area contributed by atoms with Crippen LogP contribution in [0.2, 0.25) is 0 Å². The first-order valence-corrected chi connectivity index (χ1v) is 6.64. The highest BCUT2D eigenvalue weighted by molar-refractivity contribution is 6.11. The molecule has 0 atom stereocenters. The molecular formula is C17H18FNO. The van der Waals surface area contributed by atoms with Gasteiger partial charge >= 0.3 is 0 Å². The number of halogens is 1. The lowest BCUT2D eigenvalue weighted by Gasteiger charge is -2.11. The van der Waals surface area contributed by atoms with Crippen LogP contribution < -0.4 is 5.73 Å². The molecule has 0 aliphatic heterocycles. The molecule has 0 radical (unpaired) electrons. The Labute approximate surface area is 118 Å². The first-order chi connectivity index (χ1) is 9.54. The number of rotatable bonds is 4. The van der Waals surface area contributed by atoms with Gasteiger partial charge in [-0.2, -0.15) is 0 Å². The fraction of sp³-hybridized carbons (Fsp3) is 0.235. The molecule has 0 amide bonds. The highest BCUT2D eigenvalue weighted by atomic mass is 19.1. The number of ketones is 1. The minimum Gasteiger partial charge on any atom is -0.330 e. The summed E-state index contributed by atoms with van der Waals surface area (Å²) in [5.41, 5.74) is 8.58. The molecule has 0 fully saturated rings. The van der Waals surface area contributed by atoms with Crippen LogP contribution >= 0.6 is 0 Å². The van der Waals surface area contributed by atoms with E-state index in [4.69, 9.17) is 5.73 Å². The van der Waals surface area contributed by atoms with E-state index < -0.39 is 5.82 Å². The summed E-state index contributed by atoms with van der Waals surface area (Å²) < 4.78 is 14.1. The smallest absolute Gasteiger partial charge is 0.196 e. The van der Waals surface area contributed by atoms with Crippen molar-refractivity contribution in [3.8, 4) is 0 Å². The van der Waals surface area contributed by atoms with Crippen molar-refractivity contribution in [1.82, 2.24) is 0 Å². The average molecular weight is 271 g/mol. The molecule has 2 nitrogen and oxygen atoms in total. The zero-order chi connectivity index (χ0) is 14.7. The lowest BCUT2D eigenvalue weighted by Crippen LogP contribution is -2.12. The monoisotopic (exact) mass is 271 g/mol. The van der Waals surface area contributed by atoms with Crippen LogP contribution in [0.15, 0.2) is 36.4 Å². The maximum Gasteiger partial charge on any atom is 0.196 e. The minimum absolute atomic E-state index is 0.153. The van der Waals surface area contributed by atoms with Gasteiger partial charge in [0, 0.05) is 5.56 Å². The largest absolute Gasteiger partial charge is 0.330 e. The Hall–Kier alpha value is -2.00. The van der Waals surface area contributed by atoms with E-state index in [1.807, 2.05) is 25.1 Å². The van der Waals surface area contributed by atoms with Crippen LogP contribution in [0.25, 0.3) is 0 Å². The second-order valence-corrected chi connectivity index (χ2v) is 4.96. The predicted octanol–water partition coefficient (Wildman–Crippen LogP) is 3.17. The minimum atomic E-state index is -0.463. The van der Waals surface area contributed by atoms with Crippen LogP contribution in [0.5, 0.6) is 0 Å². The van der Waals surface area contributed by atoms with Gasteiger partial charge in [0.1, 0.15) is 5.82 Å². The third kappa shape index (κ3) is 2.78. The van der Waals surface area contributed by atoms with E-state index in [1.54, 1.807) is 19.1 Å². The van der Waals surface area contributed by atoms with Crippen molar-refractivity contribution < 1.29 is 9.18 Å². The topological polar surface area (TPSA) is 43.1 Å². The van der Waals surface area contributed by atoms with Crippen molar-refractivity contribution in [1.29, 1.82) is 0 Å². The average Bonchev–Trinajstić information content (AvgIpc) is 2.38. The van der Waals surface area contributed by atoms with E-state index in [9.17, 15) is 9.18 Å². The molecule has 2 aromatic carbocycles. The number of carbonyl (C=O) groups is 1. The number of carbonyl (C=O) groups excluding carboxylic acids is 1. The second-order valence-electron chi connectivity index (χ2n) is 4.96. The zero-order valence-corrected chi connectivity index (χ0v) is 11.7. The van der Waals surface area contributed by atoms with E-state index in [2.05, 4.69) is 0 Å². The van der Waals surface area contributed by atoms with Gasteiger partial charge in [0.25, 0.3) is 0 Å². The van der Waals surface area contributed by atoms with Crippen molar-refractivity contribution in [3.05, 3.63) is 70.0 Å². The van der Waals surface area contributed by atoms with Gasteiger partial charge in [-0.3, -0.25) is 4.79 Å². The lowest BCUT2D eigenvalue weighted by molar-refractivity contribution is 0.103. The summed E-state index contributed by atoms with van der Waals surface area (Å²) in [5.74, 6) is -0.737. The molecule has 0 aromatic heterocycles. The molecular weight excluding hydrogens is 253 g/mol. The van der Waals surface area contributed by atoms with Crippen LogP contribution in [-0.2, 0) is 6.42 Å². The normalized spacial score (nSPS) is 10.6. The molecule has 3 heteroatoms. The fourth-order valence-electron chi connectivity index (χ4n) is 2.45. The Bertz CT molecular complexity index is 626. The Kier molecular flexibility index (Phi) is 4.30. The van der Waals surface area contributed by atoms with Crippen LogP contribution in [0, 0.1) is 19.7 Å². The Morgan fingerprint density at radius 1 is 1.20 bits per heavy atom. The quantitative estimate of drug-likeness (QED) is 0.868. The molecule has 0 spiro atoms. The van der Waals surface area contributed by atoms with Gasteiger partial charge in [0.15, 0.2) is 5.78 Å². The van der Waals surface area contributed by atoms with E-state index in [0.717, 1.165) is 11.1 Å². The number of nitrogens with two attached hydrogens (primary N) is 1. The van der Waals surface area contributed by atoms with Gasteiger partial charge in [0.2, 0.25) is 0 Å². The summed E-state index contributed by atoms with van der Waals surface area (Å²) in [6.07, 6.45) is 0.606. The summed E-state index contributed by atoms with van der Waals surface area (Å²) in [7, 11) is 0. The van der Waals surface area contributed by atoms with Crippen molar-refractivity contribution in [2.45, 2.75) is 20.3 Å². The van der Waals surface area contributed by atoms with Crippen LogP contribution in [0.3, 0.4) is 0 Å². The summed E-state index contributed by atoms with van der Waals surface area (Å²) in [6, 6.07) is 10.5. The Morgan fingerprint density at radius 3 is 2.55 bits per heavy atom. The highest BCUT2D eigenvalue weighted by Crippen LogP contribution is 2.21. The summed E-state index contributed by atoms with van der Waals surface area (Å²) >= 11 is 0. The molecule has 104 valence electrons. The van der Waals surface area contributed by atoms with Gasteiger partial charge in [-0.15, -0.1) is 0 Å². The third-order valence-corrected chi connectivity index (χ3v) is 3.33. The molecule has 0 saturated carbocycles. The first-order valence-electron chi connectivity index (χ1n) is 6.64. The Morgan fingerprint density at radius 2 is 1.90 bits per heavy atom. The highest BCUT2D eigenvalue weighted by Gasteiger charge is 2.19. The molecule has 20 heavy (non-hydrogen) atoms. The summed E-state index contributed by atoms with van der Waals surface area (Å²) in [6.45, 7) is 4.03. The maximum atomic E-state index is 14.1. The van der Waals surface area contributed by atoms with E-state index in [-0.39, 0.29) is 11.3 Å². The molecule has 0 aliphatic rings. The number of benzene rings is 2. The van der Waals surface area contributed by atoms with E-state index in [0.29, 0.717) is 24.1 Å². The predicted molar refractivity (Wildman–Crippen MR) is 78.5 cm³/mol. The molecule has 2 N–H and O–H groups in total. The van der Waals surface area contributed by atoms with E-state index >= 15 is 0 Å². The molecule has 0 bridgehead atoms. The second kappa shape index (κ2) is 5.97. The van der Waals surface area contributed by atoms with Crippen LogP contribution in [-0.4, -0.2) is 12.3 Å². The van der Waals surface area contributed by atoms with Crippen molar-refractivity contribution in [3.63, 3.8) is 0 Å². The maximum absolute atomic E-state index is 14.1. The van der Waals surface area contributed by atoms with Crippen molar-refractivity contribution >= 4 is 5.78 Å². The van der Waals surface area contributed by atoms with Gasteiger partial charge in [0.05, 0.1) is 5.56 Å². The summed E-state index contributed by atoms with van der Waals surface area (Å²) in [4.78, 5) is 12.6. The van der Waals surface area contributed by atoms with Crippen molar-refractivity contribution in [2.75, 3.05) is 6.54 Å². The number of hydrogen-bond acceptors (Lipinski definition) is 2. The van der Waals surface area contributed by atoms with E-state index in [1.165, 1.54) is 6.07 Å². The van der Waals surface area contributed by atoms with Crippen molar-refractivity contribution in [2.24, 2.45) is 5.73 Å². The van der Waals surface area contributed by atoms with Gasteiger partial charge in [-0.05, 0) is 49.6 Å². The molecule has 2 rings (SSSR count). The number of aryl methyl sites for hydroxylation is 2. The molecule has 0 saturated heterocycles. The number of hydrogen-bond donors (Lipinski definition) is 1. The van der Waals surface area contributed by atoms with Crippen LogP contribution in [0.4, 0.5) is 4.39 Å². The molecule has 0 unspecified atom stereocenters. The fourth-order valence-corrected chi connectivity index (χ4v) is 2.45. The van der Waals surface area contributed by atoms with Gasteiger partial charge in [-0.25, -0.2) is 4.39 Å². The molecule has 0 aliphatic carbocycles. The molecule has 2 aromatic rings.